The molecule has 0 saturated carbocycles. The third-order valence-corrected chi connectivity index (χ3v) is 7.12. The van der Waals surface area contributed by atoms with E-state index in [1.165, 1.54) is 6.26 Å². The molecule has 1 atom stereocenters. The van der Waals surface area contributed by atoms with Gasteiger partial charge in [-0.1, -0.05) is 12.1 Å². The summed E-state index contributed by atoms with van der Waals surface area (Å²) >= 11 is 0. The molecule has 4 aromatic rings. The standard InChI is InChI=1S/C25H25N5O4S/c1-35(33,34)21-7-2-5-18(15-21)22-8-4-14-30-23(22)27-25(28-30)26-19-11-9-17(10-12-19)24(32)29-13-3-6-20(31)16-29/h2,4-5,7-12,14-15,20,31H,3,6,13,16H2,1H3,(H,26,28). The van der Waals surface area contributed by atoms with Crippen molar-refractivity contribution in [2.24, 2.45) is 0 Å². The number of carbonyl (C=O) groups is 1. The number of nitrogens with one attached hydrogen (secondary N) is 1. The highest BCUT2D eigenvalue weighted by molar-refractivity contribution is 7.90. The van der Waals surface area contributed by atoms with Gasteiger partial charge in [0.1, 0.15) is 0 Å². The first-order chi connectivity index (χ1) is 16.8. The lowest BCUT2D eigenvalue weighted by molar-refractivity contribution is 0.0474. The highest BCUT2D eigenvalue weighted by Gasteiger charge is 2.23. The number of hydrogen-bond donors (Lipinski definition) is 2. The number of nitrogens with zero attached hydrogens (tertiary/aromatic N) is 4. The molecule has 0 aliphatic carbocycles. The molecule has 2 aromatic heterocycles. The second-order valence-corrected chi connectivity index (χ2v) is 10.7. The number of aliphatic hydroxyl groups is 1. The van der Waals surface area contributed by atoms with Gasteiger partial charge in [0, 0.05) is 42.4 Å². The Labute approximate surface area is 203 Å². The summed E-state index contributed by atoms with van der Waals surface area (Å²) in [5, 5.41) is 17.5. The average Bonchev–Trinajstić information content (AvgIpc) is 3.26. The summed E-state index contributed by atoms with van der Waals surface area (Å²) < 4.78 is 25.6. The van der Waals surface area contributed by atoms with Crippen LogP contribution in [0, 0.1) is 0 Å². The molecule has 9 nitrogen and oxygen atoms in total. The molecule has 0 spiro atoms. The zero-order valence-electron chi connectivity index (χ0n) is 19.1. The number of β-amino-alcohol motifs (C(OH)–C–C–N with tert-alkyl or cyclic N) is 1. The number of fused-ring (bicyclic) bond motifs is 1. The van der Waals surface area contributed by atoms with E-state index in [2.05, 4.69) is 15.4 Å². The average molecular weight is 492 g/mol. The number of aliphatic hydroxyl groups excluding tert-OH is 1. The summed E-state index contributed by atoms with van der Waals surface area (Å²) in [6.45, 7) is 1.01. The highest BCUT2D eigenvalue weighted by atomic mass is 32.2. The van der Waals surface area contributed by atoms with Gasteiger partial charge in [-0.05, 0) is 66.9 Å². The van der Waals surface area contributed by atoms with Crippen molar-refractivity contribution in [3.8, 4) is 11.1 Å². The first kappa shape index (κ1) is 23.0. The number of piperidine rings is 1. The maximum atomic E-state index is 12.7. The van der Waals surface area contributed by atoms with E-state index in [1.54, 1.807) is 58.1 Å². The lowest BCUT2D eigenvalue weighted by Crippen LogP contribution is -2.42. The minimum atomic E-state index is -3.34. The molecule has 35 heavy (non-hydrogen) atoms. The van der Waals surface area contributed by atoms with Crippen molar-refractivity contribution in [1.82, 2.24) is 19.5 Å². The Hall–Kier alpha value is -3.76. The molecule has 2 aromatic carbocycles. The van der Waals surface area contributed by atoms with Gasteiger partial charge in [-0.3, -0.25) is 4.79 Å². The van der Waals surface area contributed by atoms with Crippen LogP contribution in [0.1, 0.15) is 23.2 Å². The molecular formula is C25H25N5O4S. The van der Waals surface area contributed by atoms with E-state index in [9.17, 15) is 18.3 Å². The molecule has 1 aliphatic rings. The lowest BCUT2D eigenvalue weighted by Gasteiger charge is -2.30. The molecule has 1 fully saturated rings. The SMILES string of the molecule is CS(=O)(=O)c1cccc(-c2cccn3nc(Nc4ccc(C(=O)N5CCCC(O)C5)cc4)nc23)c1. The van der Waals surface area contributed by atoms with Crippen LogP contribution in [0.4, 0.5) is 11.6 Å². The van der Waals surface area contributed by atoms with Crippen LogP contribution >= 0.6 is 0 Å². The fourth-order valence-electron chi connectivity index (χ4n) is 4.23. The normalized spacial score (nSPS) is 16.4. The largest absolute Gasteiger partial charge is 0.391 e. The molecule has 5 rings (SSSR count). The predicted octanol–water partition coefficient (Wildman–Crippen LogP) is 3.14. The van der Waals surface area contributed by atoms with Crippen LogP contribution in [0.2, 0.25) is 0 Å². The van der Waals surface area contributed by atoms with Crippen molar-refractivity contribution in [2.45, 2.75) is 23.8 Å². The third-order valence-electron chi connectivity index (χ3n) is 6.01. The van der Waals surface area contributed by atoms with Gasteiger partial charge in [-0.15, -0.1) is 5.10 Å². The van der Waals surface area contributed by atoms with Gasteiger partial charge in [0.05, 0.1) is 11.0 Å². The number of pyridine rings is 1. The van der Waals surface area contributed by atoms with Crippen molar-refractivity contribution in [3.63, 3.8) is 0 Å². The quantitative estimate of drug-likeness (QED) is 0.440. The fraction of sp³-hybridized carbons (Fsp3) is 0.240. The Morgan fingerprint density at radius 2 is 1.91 bits per heavy atom. The number of sulfone groups is 1. The topological polar surface area (TPSA) is 117 Å². The van der Waals surface area contributed by atoms with Gasteiger partial charge in [0.25, 0.3) is 5.91 Å². The number of aromatic nitrogens is 3. The Bertz CT molecular complexity index is 1500. The molecule has 1 aliphatic heterocycles. The Kier molecular flexibility index (Phi) is 6.00. The van der Waals surface area contributed by atoms with Crippen LogP contribution in [0.25, 0.3) is 16.8 Å². The zero-order chi connectivity index (χ0) is 24.6. The molecule has 3 heterocycles. The van der Waals surface area contributed by atoms with Crippen LogP contribution in [0.15, 0.2) is 71.8 Å². The highest BCUT2D eigenvalue weighted by Crippen LogP contribution is 2.27. The molecule has 1 unspecified atom stereocenters. The van der Waals surface area contributed by atoms with Gasteiger partial charge >= 0.3 is 0 Å². The van der Waals surface area contributed by atoms with Crippen molar-refractivity contribution < 1.29 is 18.3 Å². The van der Waals surface area contributed by atoms with Crippen molar-refractivity contribution in [3.05, 3.63) is 72.4 Å². The molecule has 180 valence electrons. The van der Waals surface area contributed by atoms with E-state index in [-0.39, 0.29) is 10.8 Å². The van der Waals surface area contributed by atoms with E-state index >= 15 is 0 Å². The molecular weight excluding hydrogens is 466 g/mol. The minimum Gasteiger partial charge on any atom is -0.391 e. The summed E-state index contributed by atoms with van der Waals surface area (Å²) in [7, 11) is -3.34. The second kappa shape index (κ2) is 9.12. The van der Waals surface area contributed by atoms with E-state index in [4.69, 9.17) is 0 Å². The Morgan fingerprint density at radius 1 is 1.11 bits per heavy atom. The summed E-state index contributed by atoms with van der Waals surface area (Å²) in [4.78, 5) is 19.2. The first-order valence-electron chi connectivity index (χ1n) is 11.3. The minimum absolute atomic E-state index is 0.0953. The monoisotopic (exact) mass is 491 g/mol. The molecule has 1 amide bonds. The number of likely N-dealkylation sites (tertiary alicyclic amines) is 1. The Morgan fingerprint density at radius 3 is 2.66 bits per heavy atom. The maximum Gasteiger partial charge on any atom is 0.253 e. The zero-order valence-corrected chi connectivity index (χ0v) is 19.9. The summed E-state index contributed by atoms with van der Waals surface area (Å²) in [6, 6.07) is 17.5. The van der Waals surface area contributed by atoms with E-state index < -0.39 is 15.9 Å². The van der Waals surface area contributed by atoms with Crippen molar-refractivity contribution >= 4 is 33.0 Å². The van der Waals surface area contributed by atoms with Crippen LogP contribution in [-0.4, -0.2) is 64.4 Å². The Balaban J connectivity index is 1.38. The van der Waals surface area contributed by atoms with Gasteiger partial charge in [-0.2, -0.15) is 4.98 Å². The third kappa shape index (κ3) is 4.89. The fourth-order valence-corrected chi connectivity index (χ4v) is 4.89. The predicted molar refractivity (Wildman–Crippen MR) is 132 cm³/mol. The van der Waals surface area contributed by atoms with Gasteiger partial charge in [0.15, 0.2) is 15.5 Å². The van der Waals surface area contributed by atoms with Crippen LogP contribution in [0.3, 0.4) is 0 Å². The van der Waals surface area contributed by atoms with Gasteiger partial charge < -0.3 is 15.3 Å². The number of rotatable bonds is 5. The van der Waals surface area contributed by atoms with Gasteiger partial charge in [0.2, 0.25) is 5.95 Å². The molecule has 1 saturated heterocycles. The first-order valence-corrected chi connectivity index (χ1v) is 13.2. The molecule has 2 N–H and O–H groups in total. The maximum absolute atomic E-state index is 12.7. The number of carbonyl (C=O) groups excluding carboxylic acids is 1. The summed E-state index contributed by atoms with van der Waals surface area (Å²) in [5.41, 5.74) is 3.33. The van der Waals surface area contributed by atoms with E-state index in [0.29, 0.717) is 30.2 Å². The smallest absolute Gasteiger partial charge is 0.253 e. The van der Waals surface area contributed by atoms with Crippen LogP contribution in [-0.2, 0) is 9.84 Å². The molecule has 0 radical (unpaired) electrons. The number of amides is 1. The van der Waals surface area contributed by atoms with Crippen molar-refractivity contribution in [1.29, 1.82) is 0 Å². The van der Waals surface area contributed by atoms with Crippen molar-refractivity contribution in [2.75, 3.05) is 24.7 Å². The number of benzene rings is 2. The lowest BCUT2D eigenvalue weighted by atomic mass is 10.1. The summed E-state index contributed by atoms with van der Waals surface area (Å²) in [5.74, 6) is 0.275. The number of hydrogen-bond acceptors (Lipinski definition) is 7. The van der Waals surface area contributed by atoms with Crippen LogP contribution < -0.4 is 5.32 Å². The molecule has 10 heteroatoms. The summed E-state index contributed by atoms with van der Waals surface area (Å²) in [6.07, 6.45) is 4.01. The van der Waals surface area contributed by atoms with E-state index in [0.717, 1.165) is 29.7 Å². The van der Waals surface area contributed by atoms with Crippen LogP contribution in [0.5, 0.6) is 0 Å². The molecule has 0 bridgehead atoms. The number of anilines is 2. The van der Waals surface area contributed by atoms with E-state index in [1.807, 2.05) is 18.2 Å². The second-order valence-electron chi connectivity index (χ2n) is 8.68. The van der Waals surface area contributed by atoms with Gasteiger partial charge in [-0.25, -0.2) is 12.9 Å².